The first-order valence-corrected chi connectivity index (χ1v) is 7.51. The van der Waals surface area contributed by atoms with Crippen LogP contribution in [0.3, 0.4) is 0 Å². The van der Waals surface area contributed by atoms with Gasteiger partial charge in [-0.2, -0.15) is 0 Å². The van der Waals surface area contributed by atoms with E-state index in [0.29, 0.717) is 25.9 Å². The van der Waals surface area contributed by atoms with Crippen LogP contribution in [0.15, 0.2) is 30.3 Å². The van der Waals surface area contributed by atoms with Gasteiger partial charge in [0.2, 0.25) is 0 Å². The highest BCUT2D eigenvalue weighted by Crippen LogP contribution is 2.28. The van der Waals surface area contributed by atoms with Crippen molar-refractivity contribution in [3.05, 3.63) is 35.9 Å². The van der Waals surface area contributed by atoms with E-state index in [1.807, 2.05) is 37.3 Å². The number of hydrogen-bond acceptors (Lipinski definition) is 4. The number of carbonyl (C=O) groups is 2. The van der Waals surface area contributed by atoms with Gasteiger partial charge in [0.15, 0.2) is 0 Å². The summed E-state index contributed by atoms with van der Waals surface area (Å²) in [6.45, 7) is 3.17. The zero-order valence-corrected chi connectivity index (χ0v) is 12.7. The average Bonchev–Trinajstić information content (AvgIpc) is 2.54. The molecule has 6 heteroatoms. The van der Waals surface area contributed by atoms with E-state index < -0.39 is 17.6 Å². The highest BCUT2D eigenvalue weighted by atomic mass is 16.5. The van der Waals surface area contributed by atoms with E-state index in [9.17, 15) is 14.7 Å². The quantitative estimate of drug-likeness (QED) is 0.771. The van der Waals surface area contributed by atoms with Gasteiger partial charge < -0.3 is 20.5 Å². The van der Waals surface area contributed by atoms with Crippen molar-refractivity contribution >= 4 is 12.1 Å². The molecule has 6 nitrogen and oxygen atoms in total. The maximum Gasteiger partial charge on any atom is 0.408 e. The first-order valence-electron chi connectivity index (χ1n) is 7.51. The van der Waals surface area contributed by atoms with Crippen LogP contribution in [0.4, 0.5) is 4.79 Å². The van der Waals surface area contributed by atoms with Gasteiger partial charge in [0, 0.05) is 12.5 Å². The Morgan fingerprint density at radius 3 is 2.77 bits per heavy atom. The Kier molecular flexibility index (Phi) is 5.38. The van der Waals surface area contributed by atoms with Crippen LogP contribution in [0, 0.1) is 5.92 Å². The molecular weight excluding hydrogens is 284 g/mol. The number of ether oxygens (including phenoxy) is 1. The fraction of sp³-hybridized carbons (Fsp3) is 0.500. The minimum Gasteiger partial charge on any atom is -0.479 e. The standard InChI is InChI=1S/C16H22N2O4/c1-2-13-10-17-9-8-16(13,14(19)20)18-15(21)22-11-12-6-4-3-5-7-12/h3-7,13,17H,2,8-11H2,1H3,(H,18,21)(H,19,20). The number of rotatable bonds is 5. The Labute approximate surface area is 129 Å². The van der Waals surface area contributed by atoms with Crippen LogP contribution in [-0.2, 0) is 16.1 Å². The predicted octanol–water partition coefficient (Wildman–Crippen LogP) is 1.76. The van der Waals surface area contributed by atoms with Crippen LogP contribution in [0.1, 0.15) is 25.3 Å². The fourth-order valence-electron chi connectivity index (χ4n) is 2.87. The topological polar surface area (TPSA) is 87.7 Å². The molecule has 0 bridgehead atoms. The molecule has 1 aromatic carbocycles. The number of piperidine rings is 1. The van der Waals surface area contributed by atoms with Crippen molar-refractivity contribution in [2.24, 2.45) is 5.92 Å². The molecule has 22 heavy (non-hydrogen) atoms. The predicted molar refractivity (Wildman–Crippen MR) is 81.4 cm³/mol. The molecule has 1 aromatic rings. The second-order valence-electron chi connectivity index (χ2n) is 5.52. The zero-order valence-electron chi connectivity index (χ0n) is 12.7. The molecule has 2 rings (SSSR count). The van der Waals surface area contributed by atoms with Crippen molar-refractivity contribution in [2.45, 2.75) is 31.9 Å². The molecule has 1 heterocycles. The smallest absolute Gasteiger partial charge is 0.408 e. The number of carboxylic acid groups (broad SMARTS) is 1. The third-order valence-corrected chi connectivity index (χ3v) is 4.20. The summed E-state index contributed by atoms with van der Waals surface area (Å²) < 4.78 is 5.17. The molecule has 0 radical (unpaired) electrons. The molecule has 0 aliphatic carbocycles. The van der Waals surface area contributed by atoms with Crippen molar-refractivity contribution in [3.63, 3.8) is 0 Å². The molecule has 0 aromatic heterocycles. The minimum atomic E-state index is -1.26. The molecule has 2 atom stereocenters. The number of nitrogens with one attached hydrogen (secondary N) is 2. The van der Waals surface area contributed by atoms with E-state index in [1.54, 1.807) is 0 Å². The molecule has 120 valence electrons. The third kappa shape index (κ3) is 3.57. The van der Waals surface area contributed by atoms with Crippen LogP contribution in [0.2, 0.25) is 0 Å². The summed E-state index contributed by atoms with van der Waals surface area (Å²) in [5.41, 5.74) is -0.396. The largest absolute Gasteiger partial charge is 0.479 e. The van der Waals surface area contributed by atoms with E-state index >= 15 is 0 Å². The second-order valence-corrected chi connectivity index (χ2v) is 5.52. The maximum atomic E-state index is 12.0. The Hall–Kier alpha value is -2.08. The maximum absolute atomic E-state index is 12.0. The summed E-state index contributed by atoms with van der Waals surface area (Å²) in [4.78, 5) is 23.8. The molecule has 1 aliphatic heterocycles. The summed E-state index contributed by atoms with van der Waals surface area (Å²) in [5.74, 6) is -1.17. The number of carboxylic acids is 1. The van der Waals surface area contributed by atoms with Crippen LogP contribution in [0.5, 0.6) is 0 Å². The lowest BCUT2D eigenvalue weighted by atomic mass is 9.77. The van der Waals surface area contributed by atoms with Gasteiger partial charge in [-0.05, 0) is 24.9 Å². The first kappa shape index (κ1) is 16.3. The fourth-order valence-corrected chi connectivity index (χ4v) is 2.87. The SMILES string of the molecule is CCC1CNCCC1(NC(=O)OCc1ccccc1)C(=O)O. The lowest BCUT2D eigenvalue weighted by Gasteiger charge is -2.40. The summed E-state index contributed by atoms with van der Waals surface area (Å²) >= 11 is 0. The van der Waals surface area contributed by atoms with Crippen LogP contribution in [0.25, 0.3) is 0 Å². The molecule has 0 saturated carbocycles. The number of aliphatic carboxylic acids is 1. The van der Waals surface area contributed by atoms with Crippen molar-refractivity contribution in [1.29, 1.82) is 0 Å². The molecule has 1 aliphatic rings. The Morgan fingerprint density at radius 1 is 1.41 bits per heavy atom. The number of amides is 1. The summed E-state index contributed by atoms with van der Waals surface area (Å²) in [6.07, 6.45) is 0.325. The third-order valence-electron chi connectivity index (χ3n) is 4.20. The second kappa shape index (κ2) is 7.26. The minimum absolute atomic E-state index is 0.122. The number of benzene rings is 1. The summed E-state index contributed by atoms with van der Waals surface area (Å²) in [7, 11) is 0. The van der Waals surface area contributed by atoms with Gasteiger partial charge >= 0.3 is 12.1 Å². The van der Waals surface area contributed by atoms with Gasteiger partial charge in [0.25, 0.3) is 0 Å². The van der Waals surface area contributed by atoms with E-state index in [4.69, 9.17) is 4.74 Å². The Bertz CT molecular complexity index is 520. The van der Waals surface area contributed by atoms with Crippen molar-refractivity contribution in [3.8, 4) is 0 Å². The molecule has 1 amide bonds. The van der Waals surface area contributed by atoms with Gasteiger partial charge in [0.05, 0.1) is 0 Å². The van der Waals surface area contributed by atoms with Gasteiger partial charge in [0.1, 0.15) is 12.1 Å². The highest BCUT2D eigenvalue weighted by Gasteiger charge is 2.48. The number of alkyl carbamates (subject to hydrolysis) is 1. The molecule has 2 unspecified atom stereocenters. The van der Waals surface area contributed by atoms with Gasteiger partial charge in [-0.3, -0.25) is 0 Å². The zero-order chi connectivity index (χ0) is 16.0. The van der Waals surface area contributed by atoms with Crippen molar-refractivity contribution < 1.29 is 19.4 Å². The van der Waals surface area contributed by atoms with E-state index in [-0.39, 0.29) is 12.5 Å². The van der Waals surface area contributed by atoms with E-state index in [2.05, 4.69) is 10.6 Å². The van der Waals surface area contributed by atoms with Gasteiger partial charge in [-0.15, -0.1) is 0 Å². The summed E-state index contributed by atoms with van der Waals surface area (Å²) in [5, 5.41) is 15.4. The number of hydrogen-bond donors (Lipinski definition) is 3. The lowest BCUT2D eigenvalue weighted by molar-refractivity contribution is -0.148. The average molecular weight is 306 g/mol. The summed E-state index contributed by atoms with van der Waals surface area (Å²) in [6, 6.07) is 9.29. The van der Waals surface area contributed by atoms with Gasteiger partial charge in [-0.25, -0.2) is 9.59 Å². The van der Waals surface area contributed by atoms with E-state index in [1.165, 1.54) is 0 Å². The Morgan fingerprint density at radius 2 is 2.14 bits per heavy atom. The highest BCUT2D eigenvalue weighted by molar-refractivity contribution is 5.85. The Balaban J connectivity index is 2.01. The van der Waals surface area contributed by atoms with Crippen molar-refractivity contribution in [2.75, 3.05) is 13.1 Å². The van der Waals surface area contributed by atoms with Crippen LogP contribution < -0.4 is 10.6 Å². The van der Waals surface area contributed by atoms with Gasteiger partial charge in [-0.1, -0.05) is 37.3 Å². The molecule has 0 spiro atoms. The molecule has 1 fully saturated rings. The van der Waals surface area contributed by atoms with Crippen molar-refractivity contribution in [1.82, 2.24) is 10.6 Å². The lowest BCUT2D eigenvalue weighted by Crippen LogP contribution is -2.64. The molecular formula is C16H22N2O4. The number of carbonyl (C=O) groups excluding carboxylic acids is 1. The molecule has 3 N–H and O–H groups in total. The van der Waals surface area contributed by atoms with Crippen LogP contribution in [-0.4, -0.2) is 35.8 Å². The van der Waals surface area contributed by atoms with Crippen LogP contribution >= 0.6 is 0 Å². The van der Waals surface area contributed by atoms with E-state index in [0.717, 1.165) is 5.56 Å². The first-order chi connectivity index (χ1) is 10.6. The normalized spacial score (nSPS) is 24.5. The molecule has 1 saturated heterocycles. The monoisotopic (exact) mass is 306 g/mol.